The Kier molecular flexibility index (Phi) is 5.22. The molecule has 2 fully saturated rings. The van der Waals surface area contributed by atoms with Gasteiger partial charge >= 0.3 is 5.97 Å². The van der Waals surface area contributed by atoms with Gasteiger partial charge in [-0.05, 0) is 37.5 Å². The molecule has 1 aromatic rings. The Morgan fingerprint density at radius 2 is 1.88 bits per heavy atom. The molecule has 0 aromatic heterocycles. The molecule has 8 heteroatoms. The Morgan fingerprint density at radius 1 is 1.15 bits per heavy atom. The molecule has 0 unspecified atom stereocenters. The Hall–Kier alpha value is -2.09. The molecule has 1 aromatic carbocycles. The first-order chi connectivity index (χ1) is 12.3. The first-order valence-corrected chi connectivity index (χ1v) is 10.6. The van der Waals surface area contributed by atoms with E-state index in [4.69, 9.17) is 0 Å². The molecular formula is C18H24N2O5S. The number of nitrogens with one attached hydrogen (secondary N) is 1. The quantitative estimate of drug-likeness (QED) is 0.813. The number of rotatable bonds is 5. The summed E-state index contributed by atoms with van der Waals surface area (Å²) in [5, 5.41) is 12.3. The fraction of sp³-hybridized carbons (Fsp3) is 0.556. The summed E-state index contributed by atoms with van der Waals surface area (Å²) in [5.74, 6) is -1.13. The fourth-order valence-electron chi connectivity index (χ4n) is 3.78. The lowest BCUT2D eigenvalue weighted by Gasteiger charge is -2.33. The van der Waals surface area contributed by atoms with Crippen LogP contribution in [-0.4, -0.2) is 44.2 Å². The minimum atomic E-state index is -3.31. The summed E-state index contributed by atoms with van der Waals surface area (Å²) in [5.41, 5.74) is -0.0919. The highest BCUT2D eigenvalue weighted by Crippen LogP contribution is 2.36. The van der Waals surface area contributed by atoms with Crippen molar-refractivity contribution in [1.82, 2.24) is 5.32 Å². The largest absolute Gasteiger partial charge is 0.481 e. The van der Waals surface area contributed by atoms with E-state index >= 15 is 0 Å². The first-order valence-electron chi connectivity index (χ1n) is 8.96. The molecule has 2 N–H and O–H groups in total. The molecule has 1 aliphatic heterocycles. The summed E-state index contributed by atoms with van der Waals surface area (Å²) in [6.07, 6.45) is 4.42. The van der Waals surface area contributed by atoms with Crippen molar-refractivity contribution in [2.75, 3.05) is 23.1 Å². The van der Waals surface area contributed by atoms with Crippen molar-refractivity contribution in [1.29, 1.82) is 0 Å². The highest BCUT2D eigenvalue weighted by molar-refractivity contribution is 7.93. The van der Waals surface area contributed by atoms with Crippen molar-refractivity contribution >= 4 is 27.6 Å². The van der Waals surface area contributed by atoms with Gasteiger partial charge in [-0.2, -0.15) is 0 Å². The maximum atomic E-state index is 12.5. The summed E-state index contributed by atoms with van der Waals surface area (Å²) in [7, 11) is -3.31. The number of carboxylic acids is 1. The number of hydrogen-bond donors (Lipinski definition) is 2. The zero-order chi connectivity index (χ0) is 18.8. The van der Waals surface area contributed by atoms with Gasteiger partial charge in [0.1, 0.15) is 0 Å². The second-order valence-electron chi connectivity index (χ2n) is 7.12. The van der Waals surface area contributed by atoms with Crippen molar-refractivity contribution in [3.05, 3.63) is 29.8 Å². The minimum Gasteiger partial charge on any atom is -0.481 e. The molecule has 26 heavy (non-hydrogen) atoms. The van der Waals surface area contributed by atoms with E-state index < -0.39 is 21.4 Å². The molecule has 7 nitrogen and oxygen atoms in total. The maximum Gasteiger partial charge on any atom is 0.311 e. The van der Waals surface area contributed by atoms with Crippen molar-refractivity contribution in [3.8, 4) is 0 Å². The van der Waals surface area contributed by atoms with Crippen LogP contribution in [0.3, 0.4) is 0 Å². The average molecular weight is 380 g/mol. The van der Waals surface area contributed by atoms with Crippen LogP contribution >= 0.6 is 0 Å². The van der Waals surface area contributed by atoms with E-state index in [0.717, 1.165) is 19.3 Å². The number of amides is 1. The lowest BCUT2D eigenvalue weighted by Crippen LogP contribution is -2.44. The number of benzene rings is 1. The molecule has 3 rings (SSSR count). The Bertz CT molecular complexity index is 800. The lowest BCUT2D eigenvalue weighted by atomic mass is 9.74. The van der Waals surface area contributed by atoms with Gasteiger partial charge in [0, 0.05) is 18.7 Å². The van der Waals surface area contributed by atoms with Gasteiger partial charge in [-0.1, -0.05) is 25.3 Å². The first kappa shape index (κ1) is 18.7. The van der Waals surface area contributed by atoms with Crippen LogP contribution in [0.4, 0.5) is 5.69 Å². The lowest BCUT2D eigenvalue weighted by molar-refractivity contribution is -0.150. The smallest absolute Gasteiger partial charge is 0.311 e. The van der Waals surface area contributed by atoms with Gasteiger partial charge in [0.25, 0.3) is 5.91 Å². The number of sulfonamides is 1. The second kappa shape index (κ2) is 7.26. The molecule has 0 bridgehead atoms. The SMILES string of the molecule is O=C(NCC1(C(=O)O)CCCCC1)c1cccc(N2CCCS2(=O)=O)c1. The number of aliphatic carboxylic acids is 1. The van der Waals surface area contributed by atoms with Gasteiger partial charge in [-0.15, -0.1) is 0 Å². The van der Waals surface area contributed by atoms with E-state index in [1.165, 1.54) is 4.31 Å². The predicted octanol–water partition coefficient (Wildman–Crippen LogP) is 1.99. The zero-order valence-corrected chi connectivity index (χ0v) is 15.4. The van der Waals surface area contributed by atoms with E-state index in [1.54, 1.807) is 24.3 Å². The number of nitrogens with zero attached hydrogens (tertiary/aromatic N) is 1. The van der Waals surface area contributed by atoms with E-state index in [2.05, 4.69) is 5.32 Å². The highest BCUT2D eigenvalue weighted by Gasteiger charge is 2.39. The molecule has 0 atom stereocenters. The van der Waals surface area contributed by atoms with E-state index in [-0.39, 0.29) is 18.2 Å². The van der Waals surface area contributed by atoms with Crippen molar-refractivity contribution < 1.29 is 23.1 Å². The van der Waals surface area contributed by atoms with Crippen molar-refractivity contribution in [2.24, 2.45) is 5.41 Å². The van der Waals surface area contributed by atoms with Gasteiger partial charge < -0.3 is 10.4 Å². The van der Waals surface area contributed by atoms with Gasteiger partial charge in [0.05, 0.1) is 16.9 Å². The van der Waals surface area contributed by atoms with E-state index in [9.17, 15) is 23.1 Å². The monoisotopic (exact) mass is 380 g/mol. The molecule has 1 heterocycles. The molecule has 0 spiro atoms. The van der Waals surface area contributed by atoms with Crippen LogP contribution in [0.25, 0.3) is 0 Å². The van der Waals surface area contributed by atoms with Crippen LogP contribution in [0.5, 0.6) is 0 Å². The average Bonchev–Trinajstić information content (AvgIpc) is 2.99. The van der Waals surface area contributed by atoms with Crippen LogP contribution in [0.1, 0.15) is 48.9 Å². The number of carboxylic acid groups (broad SMARTS) is 1. The summed E-state index contributed by atoms with van der Waals surface area (Å²) in [6.45, 7) is 0.503. The summed E-state index contributed by atoms with van der Waals surface area (Å²) < 4.78 is 25.4. The van der Waals surface area contributed by atoms with Crippen molar-refractivity contribution in [3.63, 3.8) is 0 Å². The number of carbonyl (C=O) groups excluding carboxylic acids is 1. The minimum absolute atomic E-state index is 0.0907. The topological polar surface area (TPSA) is 104 Å². The zero-order valence-electron chi connectivity index (χ0n) is 14.6. The van der Waals surface area contributed by atoms with Crippen LogP contribution < -0.4 is 9.62 Å². The van der Waals surface area contributed by atoms with Crippen molar-refractivity contribution in [2.45, 2.75) is 38.5 Å². The standard InChI is InChI=1S/C18H24N2O5S/c21-16(19-13-18(17(22)23)8-2-1-3-9-18)14-6-4-7-15(12-14)20-10-5-11-26(20,24)25/h4,6-7,12H,1-3,5,8-11,13H2,(H,19,21)(H,22,23). The Morgan fingerprint density at radius 3 is 2.50 bits per heavy atom. The molecule has 2 aliphatic rings. The highest BCUT2D eigenvalue weighted by atomic mass is 32.2. The normalized spacial score (nSPS) is 21.3. The molecule has 1 aliphatic carbocycles. The van der Waals surface area contributed by atoms with Gasteiger partial charge in [0.2, 0.25) is 10.0 Å². The van der Waals surface area contributed by atoms with Gasteiger partial charge in [-0.3, -0.25) is 13.9 Å². The van der Waals surface area contributed by atoms with Gasteiger partial charge in [0.15, 0.2) is 0 Å². The predicted molar refractivity (Wildman–Crippen MR) is 97.7 cm³/mol. The third-order valence-corrected chi connectivity index (χ3v) is 7.22. The third-order valence-electron chi connectivity index (χ3n) is 5.35. The van der Waals surface area contributed by atoms with Crippen LogP contribution in [0.15, 0.2) is 24.3 Å². The molecule has 1 saturated heterocycles. The fourth-order valence-corrected chi connectivity index (χ4v) is 5.33. The Balaban J connectivity index is 1.72. The Labute approximate surface area is 153 Å². The molecule has 142 valence electrons. The van der Waals surface area contributed by atoms with E-state index in [1.807, 2.05) is 0 Å². The maximum absolute atomic E-state index is 12.5. The molecule has 1 amide bonds. The third kappa shape index (κ3) is 3.70. The number of anilines is 1. The molecule has 1 saturated carbocycles. The van der Waals surface area contributed by atoms with Crippen LogP contribution in [0.2, 0.25) is 0 Å². The van der Waals surface area contributed by atoms with Gasteiger partial charge in [-0.25, -0.2) is 8.42 Å². The summed E-state index contributed by atoms with van der Waals surface area (Å²) in [6, 6.07) is 6.47. The summed E-state index contributed by atoms with van der Waals surface area (Å²) in [4.78, 5) is 24.2. The van der Waals surface area contributed by atoms with Crippen LogP contribution in [-0.2, 0) is 14.8 Å². The number of hydrogen-bond acceptors (Lipinski definition) is 4. The molecule has 0 radical (unpaired) electrons. The number of carbonyl (C=O) groups is 2. The molecular weight excluding hydrogens is 356 g/mol. The summed E-state index contributed by atoms with van der Waals surface area (Å²) >= 11 is 0. The van der Waals surface area contributed by atoms with Crippen LogP contribution in [0, 0.1) is 5.41 Å². The van der Waals surface area contributed by atoms with E-state index in [0.29, 0.717) is 37.1 Å². The second-order valence-corrected chi connectivity index (χ2v) is 9.13.